The molecular weight excluding hydrogens is 430 g/mol. The quantitative estimate of drug-likeness (QED) is 0.696. The van der Waals surface area contributed by atoms with Gasteiger partial charge >= 0.3 is 6.09 Å². The van der Waals surface area contributed by atoms with Gasteiger partial charge in [-0.2, -0.15) is 0 Å². The van der Waals surface area contributed by atoms with Gasteiger partial charge in [-0.15, -0.1) is 11.3 Å². The van der Waals surface area contributed by atoms with Crippen molar-refractivity contribution < 1.29 is 13.7 Å². The predicted molar refractivity (Wildman–Crippen MR) is 119 cm³/mol. The zero-order chi connectivity index (χ0) is 21.6. The fraction of sp³-hybridized carbons (Fsp3) is 0.800. The van der Waals surface area contributed by atoms with Crippen molar-refractivity contribution in [2.24, 2.45) is 5.92 Å². The summed E-state index contributed by atoms with van der Waals surface area (Å²) in [6, 6.07) is 0. The summed E-state index contributed by atoms with van der Waals surface area (Å²) in [5.41, 5.74) is -0.00946. The molecule has 3 unspecified atom stereocenters. The van der Waals surface area contributed by atoms with Gasteiger partial charge in [-0.05, 0) is 73.1 Å². The first kappa shape index (κ1) is 23.0. The highest BCUT2D eigenvalue weighted by Gasteiger charge is 2.51. The third-order valence-electron chi connectivity index (χ3n) is 5.45. The number of amides is 1. The van der Waals surface area contributed by atoms with Crippen molar-refractivity contribution in [3.63, 3.8) is 0 Å². The first-order valence-electron chi connectivity index (χ1n) is 10.2. The van der Waals surface area contributed by atoms with Gasteiger partial charge in [0.15, 0.2) is 4.47 Å². The molecule has 3 atom stereocenters. The van der Waals surface area contributed by atoms with Crippen LogP contribution in [-0.2, 0) is 27.7 Å². The van der Waals surface area contributed by atoms with Gasteiger partial charge in [0.25, 0.3) is 0 Å². The maximum atomic E-state index is 13.1. The van der Waals surface area contributed by atoms with Crippen LogP contribution in [0.2, 0.25) is 4.47 Å². The summed E-state index contributed by atoms with van der Waals surface area (Å²) in [6.07, 6.45) is 2.92. The van der Waals surface area contributed by atoms with Crippen LogP contribution < -0.4 is 4.72 Å². The molecule has 2 aliphatic rings. The van der Waals surface area contributed by atoms with E-state index in [-0.39, 0.29) is 16.8 Å². The Bertz CT molecular complexity index is 800. The molecule has 1 aromatic rings. The Hall–Kier alpha value is -0.700. The Kier molecular flexibility index (Phi) is 6.41. The average Bonchev–Trinajstić information content (AvgIpc) is 3.02. The molecule has 1 fully saturated rings. The second-order valence-electron chi connectivity index (χ2n) is 9.95. The smallest absolute Gasteiger partial charge is 0.410 e. The zero-order valence-electron chi connectivity index (χ0n) is 18.1. The molecule has 29 heavy (non-hydrogen) atoms. The van der Waals surface area contributed by atoms with E-state index in [9.17, 15) is 9.00 Å². The van der Waals surface area contributed by atoms with Crippen LogP contribution >= 0.6 is 22.9 Å². The third kappa shape index (κ3) is 4.97. The molecule has 1 aliphatic heterocycles. The van der Waals surface area contributed by atoms with Crippen LogP contribution in [0.1, 0.15) is 71.4 Å². The standard InChI is InChI=1S/C20H32ClN3O3S2/c1-18(2,3)27-17(25)24-10-7-9-20(23-29(26)19(4,5)6)13(8-11-24)12-14-15(20)22-16(21)28-14/h13,23H,7-12H2,1-6H3. The van der Waals surface area contributed by atoms with E-state index in [4.69, 9.17) is 16.3 Å². The lowest BCUT2D eigenvalue weighted by molar-refractivity contribution is 0.0197. The zero-order valence-corrected chi connectivity index (χ0v) is 20.5. The van der Waals surface area contributed by atoms with Gasteiger partial charge in [-0.3, -0.25) is 0 Å². The van der Waals surface area contributed by atoms with Crippen molar-refractivity contribution in [3.05, 3.63) is 15.0 Å². The van der Waals surface area contributed by atoms with Crippen molar-refractivity contribution in [2.45, 2.75) is 83.1 Å². The minimum atomic E-state index is -1.23. The molecular formula is C20H32ClN3O3S2. The molecule has 1 amide bonds. The number of rotatable bonds is 2. The number of nitrogens with zero attached hydrogens (tertiary/aromatic N) is 2. The van der Waals surface area contributed by atoms with Crippen LogP contribution in [0.3, 0.4) is 0 Å². The molecule has 6 nitrogen and oxygen atoms in total. The number of hydrogen-bond acceptors (Lipinski definition) is 5. The lowest BCUT2D eigenvalue weighted by atomic mass is 9.79. The van der Waals surface area contributed by atoms with Gasteiger partial charge in [0.05, 0.1) is 27.0 Å². The molecule has 1 aliphatic carbocycles. The molecule has 0 spiro atoms. The molecule has 0 aromatic carbocycles. The Morgan fingerprint density at radius 3 is 2.62 bits per heavy atom. The van der Waals surface area contributed by atoms with E-state index in [0.717, 1.165) is 31.4 Å². The normalized spacial score (nSPS) is 26.3. The van der Waals surface area contributed by atoms with Crippen molar-refractivity contribution in [2.75, 3.05) is 13.1 Å². The molecule has 1 aromatic heterocycles. The Morgan fingerprint density at radius 2 is 2.00 bits per heavy atom. The second kappa shape index (κ2) is 8.09. The summed E-state index contributed by atoms with van der Waals surface area (Å²) < 4.78 is 22.3. The van der Waals surface area contributed by atoms with E-state index >= 15 is 0 Å². The first-order chi connectivity index (χ1) is 13.3. The van der Waals surface area contributed by atoms with Crippen molar-refractivity contribution >= 4 is 40.0 Å². The maximum Gasteiger partial charge on any atom is 0.410 e. The Balaban J connectivity index is 1.85. The lowest BCUT2D eigenvalue weighted by Crippen LogP contribution is -2.53. The Morgan fingerprint density at radius 1 is 1.31 bits per heavy atom. The SMILES string of the molecule is CC(C)(C)OC(=O)N1CCCC2(NS(=O)C(C)(C)C)c3nc(Cl)sc3CC2CC1. The monoisotopic (exact) mass is 461 g/mol. The van der Waals surface area contributed by atoms with Gasteiger partial charge in [-0.25, -0.2) is 18.7 Å². The summed E-state index contributed by atoms with van der Waals surface area (Å²) in [4.78, 5) is 20.2. The number of carbonyl (C=O) groups is 1. The molecule has 3 rings (SSSR count). The molecule has 0 saturated carbocycles. The minimum absolute atomic E-state index is 0.213. The van der Waals surface area contributed by atoms with E-state index in [1.807, 2.05) is 46.4 Å². The minimum Gasteiger partial charge on any atom is -0.444 e. The van der Waals surface area contributed by atoms with Gasteiger partial charge in [0.1, 0.15) is 5.60 Å². The number of halogens is 1. The van der Waals surface area contributed by atoms with Gasteiger partial charge < -0.3 is 9.64 Å². The van der Waals surface area contributed by atoms with E-state index in [0.29, 0.717) is 17.6 Å². The predicted octanol–water partition coefficient (Wildman–Crippen LogP) is 4.64. The number of ether oxygens (including phenoxy) is 1. The number of likely N-dealkylation sites (tertiary alicyclic amines) is 1. The summed E-state index contributed by atoms with van der Waals surface area (Å²) >= 11 is 7.75. The van der Waals surface area contributed by atoms with Gasteiger partial charge in [0.2, 0.25) is 0 Å². The van der Waals surface area contributed by atoms with Crippen LogP contribution in [0.25, 0.3) is 0 Å². The molecule has 164 valence electrons. The van der Waals surface area contributed by atoms with Crippen LogP contribution in [0, 0.1) is 5.92 Å². The summed E-state index contributed by atoms with van der Waals surface area (Å²) in [6.45, 7) is 12.8. The van der Waals surface area contributed by atoms with Crippen LogP contribution in [0.5, 0.6) is 0 Å². The molecule has 0 bridgehead atoms. The van der Waals surface area contributed by atoms with Crippen molar-refractivity contribution in [1.29, 1.82) is 0 Å². The van der Waals surface area contributed by atoms with Gasteiger partial charge in [0, 0.05) is 18.0 Å². The molecule has 1 saturated heterocycles. The summed E-state index contributed by atoms with van der Waals surface area (Å²) in [5, 5.41) is 0. The highest BCUT2D eigenvalue weighted by molar-refractivity contribution is 7.84. The lowest BCUT2D eigenvalue weighted by Gasteiger charge is -2.41. The largest absolute Gasteiger partial charge is 0.444 e. The number of nitrogens with one attached hydrogen (secondary N) is 1. The van der Waals surface area contributed by atoms with Crippen LogP contribution in [0.15, 0.2) is 0 Å². The number of aromatic nitrogens is 1. The maximum absolute atomic E-state index is 13.1. The van der Waals surface area contributed by atoms with Crippen molar-refractivity contribution in [3.8, 4) is 0 Å². The average molecular weight is 462 g/mol. The highest BCUT2D eigenvalue weighted by Crippen LogP contribution is 2.50. The third-order valence-corrected chi connectivity index (χ3v) is 8.30. The molecule has 1 N–H and O–H groups in total. The number of fused-ring (bicyclic) bond motifs is 3. The number of thiazole rings is 1. The fourth-order valence-corrected chi connectivity index (χ4v) is 6.37. The van der Waals surface area contributed by atoms with E-state index in [1.165, 1.54) is 16.2 Å². The molecule has 0 radical (unpaired) electrons. The highest BCUT2D eigenvalue weighted by atomic mass is 35.5. The van der Waals surface area contributed by atoms with E-state index in [1.54, 1.807) is 0 Å². The number of hydrogen-bond donors (Lipinski definition) is 1. The van der Waals surface area contributed by atoms with Gasteiger partial charge in [-0.1, -0.05) is 11.6 Å². The fourth-order valence-electron chi connectivity index (χ4n) is 4.05. The van der Waals surface area contributed by atoms with E-state index < -0.39 is 22.1 Å². The second-order valence-corrected chi connectivity index (χ2v) is 13.6. The molecule has 9 heteroatoms. The summed E-state index contributed by atoms with van der Waals surface area (Å²) in [5.74, 6) is 0.213. The Labute approximate surface area is 185 Å². The van der Waals surface area contributed by atoms with Crippen LogP contribution in [-0.4, -0.2) is 43.6 Å². The summed E-state index contributed by atoms with van der Waals surface area (Å²) in [7, 11) is -1.23. The topological polar surface area (TPSA) is 71.5 Å². The van der Waals surface area contributed by atoms with E-state index in [2.05, 4.69) is 9.71 Å². The number of carbonyl (C=O) groups excluding carboxylic acids is 1. The van der Waals surface area contributed by atoms with Crippen LogP contribution in [0.4, 0.5) is 4.79 Å². The van der Waals surface area contributed by atoms with Crippen molar-refractivity contribution in [1.82, 2.24) is 14.6 Å². The molecule has 2 heterocycles. The first-order valence-corrected chi connectivity index (χ1v) is 12.5.